The van der Waals surface area contributed by atoms with Gasteiger partial charge in [0.25, 0.3) is 10.0 Å². The average molecular weight is 310 g/mol. The van der Waals surface area contributed by atoms with Crippen molar-refractivity contribution in [2.45, 2.75) is 25.7 Å². The Kier molecular flexibility index (Phi) is 4.35. The zero-order valence-electron chi connectivity index (χ0n) is 11.7. The van der Waals surface area contributed by atoms with Crippen LogP contribution < -0.4 is 10.0 Å². The molecule has 0 aliphatic rings. The van der Waals surface area contributed by atoms with E-state index in [1.54, 1.807) is 11.4 Å². The van der Waals surface area contributed by atoms with Crippen molar-refractivity contribution in [2.24, 2.45) is 0 Å². The summed E-state index contributed by atoms with van der Waals surface area (Å²) < 4.78 is 27.6. The highest BCUT2D eigenvalue weighted by molar-refractivity contribution is 7.92. The van der Waals surface area contributed by atoms with Gasteiger partial charge in [0.1, 0.15) is 0 Å². The molecule has 0 spiro atoms. The molecule has 0 atom stereocenters. The first-order valence-corrected chi connectivity index (χ1v) is 8.77. The summed E-state index contributed by atoms with van der Waals surface area (Å²) in [6.07, 6.45) is 0. The molecule has 6 heteroatoms. The van der Waals surface area contributed by atoms with Crippen molar-refractivity contribution in [1.82, 2.24) is 0 Å². The number of anilines is 2. The van der Waals surface area contributed by atoms with Crippen LogP contribution in [-0.4, -0.2) is 15.0 Å². The average Bonchev–Trinajstić information content (AvgIpc) is 2.79. The summed E-state index contributed by atoms with van der Waals surface area (Å²) in [7, 11) is -3.55. The van der Waals surface area contributed by atoms with Crippen molar-refractivity contribution in [3.63, 3.8) is 0 Å². The molecule has 1 aromatic heterocycles. The molecule has 0 saturated carbocycles. The largest absolute Gasteiger partial charge is 0.385 e. The standard InChI is InChI=1S/C14H18N2O2S2/c1-4-15-13-7-10(2)14(11(3)8-13)20(17,18)16-12-5-6-19-9-12/h5-9,15-16H,4H2,1-3H3. The van der Waals surface area contributed by atoms with Crippen LogP contribution in [0.3, 0.4) is 0 Å². The van der Waals surface area contributed by atoms with Gasteiger partial charge in [-0.25, -0.2) is 8.42 Å². The fourth-order valence-corrected chi connectivity index (χ4v) is 4.38. The fourth-order valence-electron chi connectivity index (χ4n) is 2.21. The van der Waals surface area contributed by atoms with Crippen LogP contribution in [-0.2, 0) is 10.0 Å². The highest BCUT2D eigenvalue weighted by Crippen LogP contribution is 2.27. The summed E-state index contributed by atoms with van der Waals surface area (Å²) in [5, 5.41) is 6.81. The van der Waals surface area contributed by atoms with E-state index in [1.165, 1.54) is 11.3 Å². The summed E-state index contributed by atoms with van der Waals surface area (Å²) in [6, 6.07) is 5.47. The van der Waals surface area contributed by atoms with Crippen LogP contribution in [0.2, 0.25) is 0 Å². The van der Waals surface area contributed by atoms with Gasteiger partial charge in [0.2, 0.25) is 0 Å². The van der Waals surface area contributed by atoms with Crippen LogP contribution in [0, 0.1) is 13.8 Å². The SMILES string of the molecule is CCNc1cc(C)c(S(=O)(=O)Nc2ccsc2)c(C)c1. The van der Waals surface area contributed by atoms with Crippen molar-refractivity contribution >= 4 is 32.7 Å². The summed E-state index contributed by atoms with van der Waals surface area (Å²) in [6.45, 7) is 6.44. The van der Waals surface area contributed by atoms with Crippen molar-refractivity contribution in [3.05, 3.63) is 40.1 Å². The molecule has 2 rings (SSSR count). The number of benzene rings is 1. The molecule has 20 heavy (non-hydrogen) atoms. The second kappa shape index (κ2) is 5.85. The third-order valence-electron chi connectivity index (χ3n) is 2.88. The van der Waals surface area contributed by atoms with Crippen LogP contribution in [0.1, 0.15) is 18.1 Å². The number of aryl methyl sites for hydroxylation is 2. The number of rotatable bonds is 5. The molecule has 1 heterocycles. The number of hydrogen-bond donors (Lipinski definition) is 2. The van der Waals surface area contributed by atoms with E-state index in [0.717, 1.165) is 23.4 Å². The minimum Gasteiger partial charge on any atom is -0.385 e. The Hall–Kier alpha value is -1.53. The van der Waals surface area contributed by atoms with Gasteiger partial charge in [0.15, 0.2) is 0 Å². The Morgan fingerprint density at radius 3 is 2.30 bits per heavy atom. The van der Waals surface area contributed by atoms with Gasteiger partial charge >= 0.3 is 0 Å². The Balaban J connectivity index is 2.41. The van der Waals surface area contributed by atoms with Crippen molar-refractivity contribution in [3.8, 4) is 0 Å². The molecular weight excluding hydrogens is 292 g/mol. The summed E-state index contributed by atoms with van der Waals surface area (Å²) in [4.78, 5) is 0.352. The van der Waals surface area contributed by atoms with E-state index < -0.39 is 10.0 Å². The summed E-state index contributed by atoms with van der Waals surface area (Å²) in [5.74, 6) is 0. The molecule has 0 radical (unpaired) electrons. The van der Waals surface area contributed by atoms with Gasteiger partial charge < -0.3 is 5.32 Å². The number of sulfonamides is 1. The normalized spacial score (nSPS) is 11.3. The summed E-state index contributed by atoms with van der Waals surface area (Å²) >= 11 is 1.46. The second-order valence-electron chi connectivity index (χ2n) is 4.59. The van der Waals surface area contributed by atoms with Gasteiger partial charge in [-0.15, -0.1) is 0 Å². The second-order valence-corrected chi connectivity index (χ2v) is 6.99. The van der Waals surface area contributed by atoms with Gasteiger partial charge in [-0.2, -0.15) is 11.3 Å². The number of thiophene rings is 1. The molecule has 0 bridgehead atoms. The maximum Gasteiger partial charge on any atom is 0.262 e. The topological polar surface area (TPSA) is 58.2 Å². The summed E-state index contributed by atoms with van der Waals surface area (Å²) in [5.41, 5.74) is 3.02. The molecular formula is C14H18N2O2S2. The van der Waals surface area contributed by atoms with Crippen LogP contribution in [0.4, 0.5) is 11.4 Å². The van der Waals surface area contributed by atoms with E-state index in [1.807, 2.05) is 38.3 Å². The molecule has 0 unspecified atom stereocenters. The zero-order chi connectivity index (χ0) is 14.8. The fraction of sp³-hybridized carbons (Fsp3) is 0.286. The van der Waals surface area contributed by atoms with Crippen LogP contribution >= 0.6 is 11.3 Å². The van der Waals surface area contributed by atoms with Crippen LogP contribution in [0.25, 0.3) is 0 Å². The molecule has 0 amide bonds. The van der Waals surface area contributed by atoms with E-state index in [9.17, 15) is 8.42 Å². The van der Waals surface area contributed by atoms with Gasteiger partial charge in [0.05, 0.1) is 10.6 Å². The lowest BCUT2D eigenvalue weighted by Crippen LogP contribution is -2.15. The molecule has 4 nitrogen and oxygen atoms in total. The lowest BCUT2D eigenvalue weighted by molar-refractivity contribution is 0.600. The third-order valence-corrected chi connectivity index (χ3v) is 5.25. The Morgan fingerprint density at radius 1 is 1.15 bits per heavy atom. The first kappa shape index (κ1) is 14.9. The maximum absolute atomic E-state index is 12.5. The van der Waals surface area contributed by atoms with E-state index in [2.05, 4.69) is 10.0 Å². The first-order chi connectivity index (χ1) is 9.44. The van der Waals surface area contributed by atoms with E-state index in [-0.39, 0.29) is 0 Å². The highest BCUT2D eigenvalue weighted by atomic mass is 32.2. The van der Waals surface area contributed by atoms with Crippen molar-refractivity contribution in [1.29, 1.82) is 0 Å². The molecule has 2 aromatic rings. The first-order valence-electron chi connectivity index (χ1n) is 6.34. The molecule has 2 N–H and O–H groups in total. The zero-order valence-corrected chi connectivity index (χ0v) is 13.4. The van der Waals surface area contributed by atoms with Crippen molar-refractivity contribution < 1.29 is 8.42 Å². The molecule has 0 fully saturated rings. The smallest absolute Gasteiger partial charge is 0.262 e. The Labute approximate surface area is 123 Å². The Morgan fingerprint density at radius 2 is 1.80 bits per heavy atom. The van der Waals surface area contributed by atoms with Crippen LogP contribution in [0.15, 0.2) is 33.9 Å². The number of nitrogens with one attached hydrogen (secondary N) is 2. The van der Waals surface area contributed by atoms with E-state index in [4.69, 9.17) is 0 Å². The molecule has 0 saturated heterocycles. The van der Waals surface area contributed by atoms with E-state index in [0.29, 0.717) is 10.6 Å². The third kappa shape index (κ3) is 3.13. The van der Waals surface area contributed by atoms with Crippen molar-refractivity contribution in [2.75, 3.05) is 16.6 Å². The lowest BCUT2D eigenvalue weighted by Gasteiger charge is -2.14. The van der Waals surface area contributed by atoms with Gasteiger partial charge in [-0.1, -0.05) is 0 Å². The molecule has 108 valence electrons. The van der Waals surface area contributed by atoms with Gasteiger partial charge in [-0.3, -0.25) is 4.72 Å². The lowest BCUT2D eigenvalue weighted by atomic mass is 10.1. The van der Waals surface area contributed by atoms with Gasteiger partial charge in [0, 0.05) is 17.6 Å². The molecule has 0 aliphatic heterocycles. The molecule has 1 aromatic carbocycles. The quantitative estimate of drug-likeness (QED) is 0.887. The number of hydrogen-bond acceptors (Lipinski definition) is 4. The minimum absolute atomic E-state index is 0.352. The molecule has 0 aliphatic carbocycles. The predicted octanol–water partition coefficient (Wildman–Crippen LogP) is 3.60. The maximum atomic E-state index is 12.5. The van der Waals surface area contributed by atoms with Gasteiger partial charge in [-0.05, 0) is 55.5 Å². The Bertz CT molecular complexity index is 669. The predicted molar refractivity (Wildman–Crippen MR) is 85.2 cm³/mol. The monoisotopic (exact) mass is 310 g/mol. The minimum atomic E-state index is -3.55. The van der Waals surface area contributed by atoms with Crippen LogP contribution in [0.5, 0.6) is 0 Å². The highest BCUT2D eigenvalue weighted by Gasteiger charge is 2.20. The van der Waals surface area contributed by atoms with E-state index >= 15 is 0 Å².